The van der Waals surface area contributed by atoms with Crippen molar-refractivity contribution in [1.82, 2.24) is 9.78 Å². The van der Waals surface area contributed by atoms with Gasteiger partial charge in [-0.05, 0) is 43.0 Å². The number of nitrogen functional groups attached to an aromatic ring is 1. The van der Waals surface area contributed by atoms with Crippen LogP contribution in [0.15, 0.2) is 18.3 Å². The monoisotopic (exact) mass is 260 g/mol. The average molecular weight is 260 g/mol. The Balaban J connectivity index is 2.37. The van der Waals surface area contributed by atoms with Crippen LogP contribution >= 0.6 is 0 Å². The number of benzene rings is 1. The molecule has 0 aliphatic rings. The van der Waals surface area contributed by atoms with Gasteiger partial charge < -0.3 is 5.73 Å². The summed E-state index contributed by atoms with van der Waals surface area (Å²) in [6, 6.07) is 4.16. The zero-order chi connectivity index (χ0) is 14.2. The summed E-state index contributed by atoms with van der Waals surface area (Å²) in [5, 5.41) is 14.7. The molecule has 0 bridgehead atoms. The second-order valence-electron chi connectivity index (χ2n) is 4.69. The summed E-state index contributed by atoms with van der Waals surface area (Å²) < 4.78 is 1.45. The van der Waals surface area contributed by atoms with Crippen LogP contribution < -0.4 is 5.73 Å². The minimum Gasteiger partial charge on any atom is -0.378 e. The molecule has 1 aromatic heterocycles. The van der Waals surface area contributed by atoms with Crippen molar-refractivity contribution in [2.45, 2.75) is 27.3 Å². The van der Waals surface area contributed by atoms with E-state index < -0.39 is 4.92 Å². The highest BCUT2D eigenvalue weighted by Crippen LogP contribution is 2.22. The van der Waals surface area contributed by atoms with Crippen molar-refractivity contribution < 1.29 is 4.92 Å². The second-order valence-corrected chi connectivity index (χ2v) is 4.69. The minimum atomic E-state index is -0.522. The van der Waals surface area contributed by atoms with E-state index in [-0.39, 0.29) is 11.5 Å². The molecular weight excluding hydrogens is 244 g/mol. The topological polar surface area (TPSA) is 87.0 Å². The number of hydrogen-bond donors (Lipinski definition) is 1. The normalized spacial score (nSPS) is 10.7. The maximum absolute atomic E-state index is 10.7. The van der Waals surface area contributed by atoms with Gasteiger partial charge >= 0.3 is 5.69 Å². The molecule has 0 unspecified atom stereocenters. The van der Waals surface area contributed by atoms with E-state index in [0.717, 1.165) is 11.1 Å². The van der Waals surface area contributed by atoms with E-state index in [2.05, 4.69) is 24.2 Å². The molecule has 0 aliphatic carbocycles. The Morgan fingerprint density at radius 1 is 1.26 bits per heavy atom. The molecule has 0 amide bonds. The quantitative estimate of drug-likeness (QED) is 0.677. The lowest BCUT2D eigenvalue weighted by Gasteiger charge is -2.10. The van der Waals surface area contributed by atoms with Crippen LogP contribution in [0.3, 0.4) is 0 Å². The van der Waals surface area contributed by atoms with Crippen molar-refractivity contribution in [2.75, 3.05) is 5.73 Å². The van der Waals surface area contributed by atoms with Gasteiger partial charge in [0.1, 0.15) is 6.20 Å². The standard InChI is InChI=1S/C13H16N4O2/c1-8-4-10(3)11(5-9(8)2)7-16-13(14)12(6-15-16)17(18)19/h4-6H,7,14H2,1-3H3. The molecule has 0 saturated carbocycles. The van der Waals surface area contributed by atoms with E-state index >= 15 is 0 Å². The van der Waals surface area contributed by atoms with Crippen LogP contribution in [0.1, 0.15) is 22.3 Å². The molecule has 6 nitrogen and oxygen atoms in total. The third kappa shape index (κ3) is 2.42. The lowest BCUT2D eigenvalue weighted by molar-refractivity contribution is -0.384. The number of aromatic nitrogens is 2. The van der Waals surface area contributed by atoms with Crippen LogP contribution in [0.4, 0.5) is 11.5 Å². The number of nitrogens with two attached hydrogens (primary N) is 1. The zero-order valence-corrected chi connectivity index (χ0v) is 11.2. The van der Waals surface area contributed by atoms with Gasteiger partial charge in [-0.25, -0.2) is 4.68 Å². The van der Waals surface area contributed by atoms with Crippen molar-refractivity contribution in [3.8, 4) is 0 Å². The van der Waals surface area contributed by atoms with Crippen molar-refractivity contribution in [1.29, 1.82) is 0 Å². The Labute approximate surface area is 111 Å². The number of hydrogen-bond acceptors (Lipinski definition) is 4. The van der Waals surface area contributed by atoms with E-state index in [4.69, 9.17) is 5.73 Å². The minimum absolute atomic E-state index is 0.0858. The van der Waals surface area contributed by atoms with Gasteiger partial charge in [-0.15, -0.1) is 0 Å². The molecule has 1 heterocycles. The zero-order valence-electron chi connectivity index (χ0n) is 11.2. The third-order valence-electron chi connectivity index (χ3n) is 3.33. The summed E-state index contributed by atoms with van der Waals surface area (Å²) >= 11 is 0. The van der Waals surface area contributed by atoms with Crippen molar-refractivity contribution >= 4 is 11.5 Å². The van der Waals surface area contributed by atoms with Gasteiger partial charge in [0, 0.05) is 0 Å². The first kappa shape index (κ1) is 13.1. The first-order chi connectivity index (χ1) is 8.90. The summed E-state index contributed by atoms with van der Waals surface area (Å²) in [6.45, 7) is 6.54. The first-order valence-electron chi connectivity index (χ1n) is 5.92. The molecule has 0 saturated heterocycles. The maximum Gasteiger partial charge on any atom is 0.330 e. The van der Waals surface area contributed by atoms with Gasteiger partial charge in [-0.1, -0.05) is 12.1 Å². The number of nitrogens with zero attached hydrogens (tertiary/aromatic N) is 3. The smallest absolute Gasteiger partial charge is 0.330 e. The summed E-state index contributed by atoms with van der Waals surface area (Å²) in [5.41, 5.74) is 10.2. The Hall–Kier alpha value is -2.37. The SMILES string of the molecule is Cc1cc(C)c(Cn2ncc([N+](=O)[O-])c2N)cc1C. The summed E-state index contributed by atoms with van der Waals surface area (Å²) in [7, 11) is 0. The number of aryl methyl sites for hydroxylation is 3. The molecule has 2 aromatic rings. The summed E-state index contributed by atoms with van der Waals surface area (Å²) in [5.74, 6) is 0.0858. The lowest BCUT2D eigenvalue weighted by atomic mass is 10.0. The molecule has 0 aliphatic heterocycles. The predicted molar refractivity (Wildman–Crippen MR) is 73.0 cm³/mol. The molecule has 0 atom stereocenters. The van der Waals surface area contributed by atoms with E-state index in [1.807, 2.05) is 13.8 Å². The molecule has 2 rings (SSSR count). The largest absolute Gasteiger partial charge is 0.378 e. The van der Waals surface area contributed by atoms with E-state index in [0.29, 0.717) is 6.54 Å². The molecular formula is C13H16N4O2. The van der Waals surface area contributed by atoms with Crippen LogP contribution in [-0.4, -0.2) is 14.7 Å². The number of nitro groups is 1. The highest BCUT2D eigenvalue weighted by molar-refractivity contribution is 5.51. The van der Waals surface area contributed by atoms with Gasteiger partial charge in [0.25, 0.3) is 0 Å². The lowest BCUT2D eigenvalue weighted by Crippen LogP contribution is -2.08. The van der Waals surface area contributed by atoms with Crippen LogP contribution in [0.2, 0.25) is 0 Å². The highest BCUT2D eigenvalue weighted by Gasteiger charge is 2.17. The predicted octanol–water partition coefficient (Wildman–Crippen LogP) is 2.35. The third-order valence-corrected chi connectivity index (χ3v) is 3.33. The molecule has 0 fully saturated rings. The van der Waals surface area contributed by atoms with E-state index in [9.17, 15) is 10.1 Å². The number of rotatable bonds is 3. The average Bonchev–Trinajstić information content (AvgIpc) is 2.68. The van der Waals surface area contributed by atoms with Crippen LogP contribution in [0, 0.1) is 30.9 Å². The molecule has 1 aromatic carbocycles. The molecule has 19 heavy (non-hydrogen) atoms. The molecule has 0 radical (unpaired) electrons. The van der Waals surface area contributed by atoms with Gasteiger partial charge in [0.05, 0.1) is 11.5 Å². The summed E-state index contributed by atoms with van der Waals surface area (Å²) in [6.07, 6.45) is 1.19. The van der Waals surface area contributed by atoms with Gasteiger partial charge in [0.15, 0.2) is 0 Å². The molecule has 100 valence electrons. The Bertz CT molecular complexity index is 646. The maximum atomic E-state index is 10.7. The molecule has 0 spiro atoms. The van der Waals surface area contributed by atoms with Gasteiger partial charge in [-0.2, -0.15) is 5.10 Å². The molecule has 6 heteroatoms. The summed E-state index contributed by atoms with van der Waals surface area (Å²) in [4.78, 5) is 10.2. The van der Waals surface area contributed by atoms with Crippen molar-refractivity contribution in [2.24, 2.45) is 0 Å². The molecule has 2 N–H and O–H groups in total. The first-order valence-corrected chi connectivity index (χ1v) is 5.92. The van der Waals surface area contributed by atoms with Crippen LogP contribution in [0.5, 0.6) is 0 Å². The fourth-order valence-electron chi connectivity index (χ4n) is 2.00. The van der Waals surface area contributed by atoms with Crippen LogP contribution in [-0.2, 0) is 6.54 Å². The highest BCUT2D eigenvalue weighted by atomic mass is 16.6. The second kappa shape index (κ2) is 4.72. The Morgan fingerprint density at radius 2 is 1.89 bits per heavy atom. The van der Waals surface area contributed by atoms with Gasteiger partial charge in [-0.3, -0.25) is 10.1 Å². The fraction of sp³-hybridized carbons (Fsp3) is 0.308. The van der Waals surface area contributed by atoms with Crippen molar-refractivity contribution in [3.05, 3.63) is 50.7 Å². The van der Waals surface area contributed by atoms with Gasteiger partial charge in [0.2, 0.25) is 5.82 Å². The Kier molecular flexibility index (Phi) is 3.25. The Morgan fingerprint density at radius 3 is 2.47 bits per heavy atom. The van der Waals surface area contributed by atoms with Crippen molar-refractivity contribution in [3.63, 3.8) is 0 Å². The van der Waals surface area contributed by atoms with E-state index in [1.165, 1.54) is 22.0 Å². The fourth-order valence-corrected chi connectivity index (χ4v) is 2.00. The van der Waals surface area contributed by atoms with E-state index in [1.54, 1.807) is 0 Å². The van der Waals surface area contributed by atoms with Crippen LogP contribution in [0.25, 0.3) is 0 Å². The number of anilines is 1.